The zero-order valence-corrected chi connectivity index (χ0v) is 12.7. The number of hydrogen-bond acceptors (Lipinski definition) is 4. The standard InChI is InChI=1S/C17H20N2O3/c1-21-14-9-7-12(8-10-14)16-15(11-18-22-16)17(20)19-13-5-3-2-4-6-13/h7-11,13H,2-6H2,1H3,(H,19,20). The van der Waals surface area contributed by atoms with E-state index >= 15 is 0 Å². The van der Waals surface area contributed by atoms with Crippen LogP contribution in [0.1, 0.15) is 42.5 Å². The second-order valence-electron chi connectivity index (χ2n) is 5.61. The Hall–Kier alpha value is -2.30. The molecule has 1 aromatic carbocycles. The summed E-state index contributed by atoms with van der Waals surface area (Å²) < 4.78 is 10.4. The summed E-state index contributed by atoms with van der Waals surface area (Å²) in [5, 5.41) is 6.88. The summed E-state index contributed by atoms with van der Waals surface area (Å²) in [6.07, 6.45) is 7.21. The minimum absolute atomic E-state index is 0.112. The summed E-state index contributed by atoms with van der Waals surface area (Å²) in [4.78, 5) is 12.5. The van der Waals surface area contributed by atoms with Crippen LogP contribution in [0.3, 0.4) is 0 Å². The number of nitrogens with one attached hydrogen (secondary N) is 1. The molecule has 0 saturated heterocycles. The van der Waals surface area contributed by atoms with E-state index in [0.29, 0.717) is 11.3 Å². The number of aromatic nitrogens is 1. The summed E-state index contributed by atoms with van der Waals surface area (Å²) in [7, 11) is 1.62. The average molecular weight is 300 g/mol. The van der Waals surface area contributed by atoms with E-state index in [1.807, 2.05) is 24.3 Å². The lowest BCUT2D eigenvalue weighted by Crippen LogP contribution is -2.36. The van der Waals surface area contributed by atoms with Crippen LogP contribution >= 0.6 is 0 Å². The maximum Gasteiger partial charge on any atom is 0.257 e. The highest BCUT2D eigenvalue weighted by Crippen LogP contribution is 2.26. The first-order valence-corrected chi connectivity index (χ1v) is 7.68. The lowest BCUT2D eigenvalue weighted by Gasteiger charge is -2.22. The minimum Gasteiger partial charge on any atom is -0.497 e. The molecular formula is C17H20N2O3. The average Bonchev–Trinajstić information content (AvgIpc) is 3.05. The van der Waals surface area contributed by atoms with Gasteiger partial charge in [-0.2, -0.15) is 0 Å². The van der Waals surface area contributed by atoms with E-state index in [9.17, 15) is 4.79 Å². The molecule has 0 atom stereocenters. The van der Waals surface area contributed by atoms with Crippen LogP contribution in [-0.2, 0) is 0 Å². The molecule has 116 valence electrons. The van der Waals surface area contributed by atoms with E-state index in [1.54, 1.807) is 7.11 Å². The van der Waals surface area contributed by atoms with Gasteiger partial charge in [-0.05, 0) is 37.1 Å². The highest BCUT2D eigenvalue weighted by molar-refractivity contribution is 5.99. The number of carbonyl (C=O) groups is 1. The Bertz CT molecular complexity index is 628. The third kappa shape index (κ3) is 3.13. The van der Waals surface area contributed by atoms with Crippen LogP contribution in [0, 0.1) is 0 Å². The van der Waals surface area contributed by atoms with Crippen LogP contribution in [0.5, 0.6) is 5.75 Å². The van der Waals surface area contributed by atoms with Crippen molar-refractivity contribution in [3.8, 4) is 17.1 Å². The van der Waals surface area contributed by atoms with Crippen molar-refractivity contribution in [2.75, 3.05) is 7.11 Å². The van der Waals surface area contributed by atoms with E-state index in [2.05, 4.69) is 10.5 Å². The van der Waals surface area contributed by atoms with Crippen molar-refractivity contribution in [2.45, 2.75) is 38.1 Å². The first-order valence-electron chi connectivity index (χ1n) is 7.68. The van der Waals surface area contributed by atoms with E-state index < -0.39 is 0 Å². The van der Waals surface area contributed by atoms with Gasteiger partial charge in [-0.1, -0.05) is 24.4 Å². The normalized spacial score (nSPS) is 15.5. The second-order valence-corrected chi connectivity index (χ2v) is 5.61. The Kier molecular flexibility index (Phi) is 4.42. The molecule has 3 rings (SSSR count). The molecule has 0 radical (unpaired) electrons. The molecule has 1 aromatic heterocycles. The van der Waals surface area contributed by atoms with Crippen molar-refractivity contribution in [1.82, 2.24) is 10.5 Å². The van der Waals surface area contributed by atoms with Crippen molar-refractivity contribution >= 4 is 5.91 Å². The van der Waals surface area contributed by atoms with E-state index in [1.165, 1.54) is 25.5 Å². The Labute approximate surface area is 129 Å². The van der Waals surface area contributed by atoms with Gasteiger partial charge in [0.1, 0.15) is 11.3 Å². The fourth-order valence-corrected chi connectivity index (χ4v) is 2.86. The highest BCUT2D eigenvalue weighted by Gasteiger charge is 2.21. The maximum atomic E-state index is 12.5. The molecule has 0 unspecified atom stereocenters. The Morgan fingerprint density at radius 1 is 1.23 bits per heavy atom. The first kappa shape index (κ1) is 14.6. The number of methoxy groups -OCH3 is 1. The second kappa shape index (κ2) is 6.64. The van der Waals surface area contributed by atoms with E-state index in [0.717, 1.165) is 24.2 Å². The molecule has 1 heterocycles. The predicted molar refractivity (Wildman–Crippen MR) is 82.8 cm³/mol. The van der Waals surface area contributed by atoms with Crippen molar-refractivity contribution < 1.29 is 14.1 Å². The lowest BCUT2D eigenvalue weighted by atomic mass is 9.95. The van der Waals surface area contributed by atoms with Gasteiger partial charge in [0.25, 0.3) is 5.91 Å². The van der Waals surface area contributed by atoms with Crippen LogP contribution in [0.15, 0.2) is 35.0 Å². The van der Waals surface area contributed by atoms with Crippen LogP contribution in [-0.4, -0.2) is 24.2 Å². The topological polar surface area (TPSA) is 64.4 Å². The van der Waals surface area contributed by atoms with Crippen LogP contribution < -0.4 is 10.1 Å². The zero-order valence-electron chi connectivity index (χ0n) is 12.7. The first-order chi connectivity index (χ1) is 10.8. The Balaban J connectivity index is 1.76. The van der Waals surface area contributed by atoms with Gasteiger partial charge in [0.15, 0.2) is 5.76 Å². The molecular weight excluding hydrogens is 280 g/mol. The number of amides is 1. The van der Waals surface area contributed by atoms with Crippen LogP contribution in [0.25, 0.3) is 11.3 Å². The molecule has 1 saturated carbocycles. The van der Waals surface area contributed by atoms with E-state index in [-0.39, 0.29) is 11.9 Å². The molecule has 1 aliphatic rings. The fourth-order valence-electron chi connectivity index (χ4n) is 2.86. The molecule has 0 bridgehead atoms. The van der Waals surface area contributed by atoms with Crippen molar-refractivity contribution in [1.29, 1.82) is 0 Å². The smallest absolute Gasteiger partial charge is 0.257 e. The molecule has 5 nitrogen and oxygen atoms in total. The molecule has 5 heteroatoms. The third-order valence-electron chi connectivity index (χ3n) is 4.11. The summed E-state index contributed by atoms with van der Waals surface area (Å²) in [5.41, 5.74) is 1.29. The molecule has 1 amide bonds. The van der Waals surface area contributed by atoms with Gasteiger partial charge in [-0.25, -0.2) is 0 Å². The largest absolute Gasteiger partial charge is 0.497 e. The van der Waals surface area contributed by atoms with Gasteiger partial charge in [0.05, 0.1) is 13.3 Å². The van der Waals surface area contributed by atoms with Gasteiger partial charge in [-0.3, -0.25) is 4.79 Å². The molecule has 22 heavy (non-hydrogen) atoms. The molecule has 0 spiro atoms. The number of hydrogen-bond donors (Lipinski definition) is 1. The number of ether oxygens (including phenoxy) is 1. The molecule has 0 aliphatic heterocycles. The molecule has 1 N–H and O–H groups in total. The summed E-state index contributed by atoms with van der Waals surface area (Å²) in [6.45, 7) is 0. The SMILES string of the molecule is COc1ccc(-c2oncc2C(=O)NC2CCCCC2)cc1. The zero-order chi connectivity index (χ0) is 15.4. The van der Waals surface area contributed by atoms with Crippen molar-refractivity contribution in [3.63, 3.8) is 0 Å². The van der Waals surface area contributed by atoms with Crippen LogP contribution in [0.2, 0.25) is 0 Å². The lowest BCUT2D eigenvalue weighted by molar-refractivity contribution is 0.0928. The predicted octanol–water partition coefficient (Wildman–Crippen LogP) is 3.41. The number of nitrogens with zero attached hydrogens (tertiary/aromatic N) is 1. The Morgan fingerprint density at radius 2 is 1.95 bits per heavy atom. The number of benzene rings is 1. The van der Waals surface area contributed by atoms with Crippen molar-refractivity contribution in [2.24, 2.45) is 0 Å². The van der Waals surface area contributed by atoms with Gasteiger partial charge in [0, 0.05) is 11.6 Å². The van der Waals surface area contributed by atoms with Gasteiger partial charge < -0.3 is 14.6 Å². The van der Waals surface area contributed by atoms with Gasteiger partial charge in [-0.15, -0.1) is 0 Å². The number of rotatable bonds is 4. The summed E-state index contributed by atoms with van der Waals surface area (Å²) in [6, 6.07) is 7.65. The molecule has 1 aliphatic carbocycles. The van der Waals surface area contributed by atoms with Crippen molar-refractivity contribution in [3.05, 3.63) is 36.0 Å². The maximum absolute atomic E-state index is 12.5. The highest BCUT2D eigenvalue weighted by atomic mass is 16.5. The monoisotopic (exact) mass is 300 g/mol. The summed E-state index contributed by atoms with van der Waals surface area (Å²) >= 11 is 0. The molecule has 1 fully saturated rings. The third-order valence-corrected chi connectivity index (χ3v) is 4.11. The number of carbonyl (C=O) groups excluding carboxylic acids is 1. The minimum atomic E-state index is -0.112. The van der Waals surface area contributed by atoms with Gasteiger partial charge >= 0.3 is 0 Å². The molecule has 2 aromatic rings. The Morgan fingerprint density at radius 3 is 2.64 bits per heavy atom. The van der Waals surface area contributed by atoms with Crippen LogP contribution in [0.4, 0.5) is 0 Å². The quantitative estimate of drug-likeness (QED) is 0.939. The fraction of sp³-hybridized carbons (Fsp3) is 0.412. The van der Waals surface area contributed by atoms with Gasteiger partial charge in [0.2, 0.25) is 0 Å². The van der Waals surface area contributed by atoms with E-state index in [4.69, 9.17) is 9.26 Å². The summed E-state index contributed by atoms with van der Waals surface area (Å²) in [5.74, 6) is 1.14.